The molecule has 2 aromatic carbocycles. The van der Waals surface area contributed by atoms with Crippen LogP contribution in [0.25, 0.3) is 0 Å². The van der Waals surface area contributed by atoms with Crippen LogP contribution < -0.4 is 9.62 Å². The molecule has 1 aliphatic carbocycles. The van der Waals surface area contributed by atoms with Gasteiger partial charge in [0.05, 0.1) is 4.90 Å². The van der Waals surface area contributed by atoms with Gasteiger partial charge in [0, 0.05) is 28.2 Å². The minimum Gasteiger partial charge on any atom is -0.309 e. The molecule has 0 aromatic heterocycles. The summed E-state index contributed by atoms with van der Waals surface area (Å²) in [5.74, 6) is 0.308. The third kappa shape index (κ3) is 3.53. The second kappa shape index (κ2) is 7.44. The van der Waals surface area contributed by atoms with Crippen LogP contribution in [0.15, 0.2) is 52.3 Å². The first kappa shape index (κ1) is 19.3. The van der Waals surface area contributed by atoms with Crippen molar-refractivity contribution in [3.05, 3.63) is 48.0 Å². The Labute approximate surface area is 170 Å². The van der Waals surface area contributed by atoms with Crippen molar-refractivity contribution in [2.75, 3.05) is 15.9 Å². The van der Waals surface area contributed by atoms with E-state index in [2.05, 4.69) is 4.72 Å². The quantitative estimate of drug-likeness (QED) is 0.739. The van der Waals surface area contributed by atoms with Crippen molar-refractivity contribution < 1.29 is 13.2 Å². The van der Waals surface area contributed by atoms with E-state index in [0.29, 0.717) is 12.1 Å². The summed E-state index contributed by atoms with van der Waals surface area (Å²) >= 11 is 1.56. The zero-order valence-corrected chi connectivity index (χ0v) is 17.6. The Balaban J connectivity index is 1.60. The number of benzene rings is 2. The molecule has 2 aromatic rings. The minimum atomic E-state index is -3.69. The molecular formula is C21H24N2O3S2. The maximum Gasteiger partial charge on any atom is 0.261 e. The topological polar surface area (TPSA) is 66.5 Å². The van der Waals surface area contributed by atoms with Crippen LogP contribution in [0.5, 0.6) is 0 Å². The number of amides is 1. The third-order valence-electron chi connectivity index (χ3n) is 5.59. The average Bonchev–Trinajstić information content (AvgIpc) is 2.94. The second-order valence-electron chi connectivity index (χ2n) is 7.52. The number of anilines is 2. The highest BCUT2D eigenvalue weighted by Crippen LogP contribution is 2.38. The highest BCUT2D eigenvalue weighted by molar-refractivity contribution is 7.98. The number of nitrogens with zero attached hydrogens (tertiary/aromatic N) is 1. The molecule has 0 bridgehead atoms. The number of thioether (sulfide) groups is 1. The highest BCUT2D eigenvalue weighted by Gasteiger charge is 2.37. The second-order valence-corrected chi connectivity index (χ2v) is 10.1. The molecule has 5 nitrogen and oxygen atoms in total. The first-order chi connectivity index (χ1) is 13.4. The van der Waals surface area contributed by atoms with Crippen molar-refractivity contribution in [2.45, 2.75) is 48.4 Å². The predicted molar refractivity (Wildman–Crippen MR) is 113 cm³/mol. The van der Waals surface area contributed by atoms with E-state index >= 15 is 0 Å². The standard InChI is InChI=1S/C21H24N2O3S2/c1-14-11-16-12-19(9-10-20(16)23(14)21(24)15-5-3-6-15)28(25,26)22-17-7-4-8-18(13-17)27-2/h4,7-10,12-15,22H,3,5-6,11H2,1-2H3/t14-/m1/s1. The van der Waals surface area contributed by atoms with E-state index in [9.17, 15) is 13.2 Å². The van der Waals surface area contributed by atoms with Gasteiger partial charge in [-0.2, -0.15) is 0 Å². The van der Waals surface area contributed by atoms with E-state index < -0.39 is 10.0 Å². The smallest absolute Gasteiger partial charge is 0.261 e. The van der Waals surface area contributed by atoms with Gasteiger partial charge in [0.15, 0.2) is 0 Å². The normalized spacial score (nSPS) is 19.2. The van der Waals surface area contributed by atoms with Gasteiger partial charge in [-0.3, -0.25) is 9.52 Å². The van der Waals surface area contributed by atoms with Gasteiger partial charge in [-0.15, -0.1) is 11.8 Å². The maximum absolute atomic E-state index is 12.9. The number of hydrogen-bond acceptors (Lipinski definition) is 4. The van der Waals surface area contributed by atoms with Crippen LogP contribution in [0.1, 0.15) is 31.7 Å². The number of sulfonamides is 1. The number of carbonyl (C=O) groups is 1. The van der Waals surface area contributed by atoms with Crippen molar-refractivity contribution in [3.8, 4) is 0 Å². The van der Waals surface area contributed by atoms with E-state index in [1.807, 2.05) is 36.3 Å². The molecule has 7 heteroatoms. The Morgan fingerprint density at radius 2 is 1.96 bits per heavy atom. The third-order valence-corrected chi connectivity index (χ3v) is 7.70. The number of hydrogen-bond donors (Lipinski definition) is 1. The number of nitrogens with one attached hydrogen (secondary N) is 1. The van der Waals surface area contributed by atoms with Crippen molar-refractivity contribution in [1.82, 2.24) is 0 Å². The van der Waals surface area contributed by atoms with E-state index in [1.165, 1.54) is 0 Å². The minimum absolute atomic E-state index is 0.0623. The summed E-state index contributed by atoms with van der Waals surface area (Å²) in [6.45, 7) is 2.02. The molecule has 0 spiro atoms. The van der Waals surface area contributed by atoms with Gasteiger partial charge in [-0.1, -0.05) is 12.5 Å². The van der Waals surface area contributed by atoms with Crippen molar-refractivity contribution in [2.24, 2.45) is 5.92 Å². The first-order valence-corrected chi connectivity index (χ1v) is 12.2. The van der Waals surface area contributed by atoms with Gasteiger partial charge in [-0.25, -0.2) is 8.42 Å². The lowest BCUT2D eigenvalue weighted by atomic mass is 9.84. The molecule has 0 saturated heterocycles. The molecule has 1 N–H and O–H groups in total. The van der Waals surface area contributed by atoms with Crippen molar-refractivity contribution in [1.29, 1.82) is 0 Å². The largest absolute Gasteiger partial charge is 0.309 e. The van der Waals surface area contributed by atoms with Gasteiger partial charge in [0.1, 0.15) is 0 Å². The van der Waals surface area contributed by atoms with Crippen LogP contribution >= 0.6 is 11.8 Å². The number of rotatable bonds is 5. The van der Waals surface area contributed by atoms with E-state index in [4.69, 9.17) is 0 Å². The lowest BCUT2D eigenvalue weighted by molar-refractivity contribution is -0.125. The molecule has 0 unspecified atom stereocenters. The van der Waals surface area contributed by atoms with Crippen LogP contribution in [0, 0.1) is 5.92 Å². The van der Waals surface area contributed by atoms with E-state index in [1.54, 1.807) is 36.0 Å². The lowest BCUT2D eigenvalue weighted by Crippen LogP contribution is -2.42. The SMILES string of the molecule is CSc1cccc(NS(=O)(=O)c2ccc3c(c2)C[C@@H](C)N3C(=O)C2CCC2)c1. The fraction of sp³-hybridized carbons (Fsp3) is 0.381. The number of carbonyl (C=O) groups excluding carboxylic acids is 1. The van der Waals surface area contributed by atoms with E-state index in [-0.39, 0.29) is 22.8 Å². The highest BCUT2D eigenvalue weighted by atomic mass is 32.2. The molecule has 1 amide bonds. The van der Waals surface area contributed by atoms with Crippen LogP contribution in [0.4, 0.5) is 11.4 Å². The molecular weight excluding hydrogens is 392 g/mol. The fourth-order valence-corrected chi connectivity index (χ4v) is 5.42. The Morgan fingerprint density at radius 1 is 1.18 bits per heavy atom. The van der Waals surface area contributed by atoms with Gasteiger partial charge >= 0.3 is 0 Å². The molecule has 1 heterocycles. The van der Waals surface area contributed by atoms with Crippen molar-refractivity contribution in [3.63, 3.8) is 0 Å². The Hall–Kier alpha value is -1.99. The first-order valence-electron chi connectivity index (χ1n) is 9.52. The van der Waals surface area contributed by atoms with Gasteiger partial charge < -0.3 is 4.90 Å². The van der Waals surface area contributed by atoms with Crippen LogP contribution in [0.3, 0.4) is 0 Å². The molecule has 1 atom stereocenters. The van der Waals surface area contributed by atoms with Crippen LogP contribution in [-0.2, 0) is 21.2 Å². The van der Waals surface area contributed by atoms with Crippen LogP contribution in [-0.4, -0.2) is 26.6 Å². The molecule has 1 fully saturated rings. The van der Waals surface area contributed by atoms with E-state index in [0.717, 1.165) is 35.4 Å². The summed E-state index contributed by atoms with van der Waals surface area (Å²) in [5, 5.41) is 0. The van der Waals surface area contributed by atoms with Crippen molar-refractivity contribution >= 4 is 39.1 Å². The van der Waals surface area contributed by atoms with Crippen LogP contribution in [0.2, 0.25) is 0 Å². The molecule has 28 heavy (non-hydrogen) atoms. The Kier molecular flexibility index (Phi) is 5.14. The fourth-order valence-electron chi connectivity index (χ4n) is 3.86. The summed E-state index contributed by atoms with van der Waals surface area (Å²) in [6, 6.07) is 12.5. The summed E-state index contributed by atoms with van der Waals surface area (Å²) in [4.78, 5) is 15.9. The van der Waals surface area contributed by atoms with Gasteiger partial charge in [-0.05, 0) is 74.4 Å². The summed E-state index contributed by atoms with van der Waals surface area (Å²) in [5.41, 5.74) is 2.32. The Bertz CT molecular complexity index is 1020. The van der Waals surface area contributed by atoms with Gasteiger partial charge in [0.2, 0.25) is 5.91 Å². The zero-order chi connectivity index (χ0) is 19.9. The van der Waals surface area contributed by atoms with Gasteiger partial charge in [0.25, 0.3) is 10.0 Å². The summed E-state index contributed by atoms with van der Waals surface area (Å²) < 4.78 is 28.4. The summed E-state index contributed by atoms with van der Waals surface area (Å²) in [6.07, 6.45) is 5.67. The molecule has 1 aliphatic heterocycles. The average molecular weight is 417 g/mol. The Morgan fingerprint density at radius 3 is 2.64 bits per heavy atom. The molecule has 0 radical (unpaired) electrons. The molecule has 2 aliphatic rings. The zero-order valence-electron chi connectivity index (χ0n) is 16.0. The molecule has 148 valence electrons. The maximum atomic E-state index is 12.9. The molecule has 4 rings (SSSR count). The number of fused-ring (bicyclic) bond motifs is 1. The molecule has 1 saturated carbocycles. The predicted octanol–water partition coefficient (Wildman–Crippen LogP) is 4.29. The lowest BCUT2D eigenvalue weighted by Gasteiger charge is -2.32. The summed E-state index contributed by atoms with van der Waals surface area (Å²) in [7, 11) is -3.69. The monoisotopic (exact) mass is 416 g/mol.